The number of carbonyl (C=O) groups is 2. The summed E-state index contributed by atoms with van der Waals surface area (Å²) in [7, 11) is 0. The number of hydrogen-bond donors (Lipinski definition) is 1. The van der Waals surface area contributed by atoms with Crippen LogP contribution in [0, 0.1) is 12.8 Å². The van der Waals surface area contributed by atoms with Crippen LogP contribution in [0.1, 0.15) is 31.9 Å². The molecule has 1 amide bonds. The highest BCUT2D eigenvalue weighted by molar-refractivity contribution is 5.68. The Kier molecular flexibility index (Phi) is 5.74. The predicted octanol–water partition coefficient (Wildman–Crippen LogP) is 2.88. The number of amides is 1. The van der Waals surface area contributed by atoms with Gasteiger partial charge in [0.15, 0.2) is 0 Å². The highest BCUT2D eigenvalue weighted by atomic mass is 16.6. The Bertz CT molecular complexity index is 446. The first-order valence-corrected chi connectivity index (χ1v) is 6.78. The lowest BCUT2D eigenvalue weighted by Gasteiger charge is -2.20. The molecule has 4 heteroatoms. The fraction of sp³-hybridized carbons (Fsp3) is 0.500. The molecule has 0 heterocycles. The van der Waals surface area contributed by atoms with Crippen LogP contribution in [0.15, 0.2) is 24.3 Å². The molecule has 1 N–H and O–H groups in total. The van der Waals surface area contributed by atoms with Crippen molar-refractivity contribution in [2.24, 2.45) is 5.92 Å². The molecule has 0 saturated heterocycles. The van der Waals surface area contributed by atoms with Crippen LogP contribution in [0.25, 0.3) is 0 Å². The van der Waals surface area contributed by atoms with E-state index < -0.39 is 11.7 Å². The molecule has 1 atom stereocenters. The standard InChI is InChI=1S/C16H23NO3/c1-12-5-7-13(8-6-12)9-14(11-18)10-17-15(19)20-16(2,3)4/h5-8,11,14H,9-10H2,1-4H3,(H,17,19). The maximum absolute atomic E-state index is 11.5. The number of carbonyl (C=O) groups excluding carboxylic acids is 2. The van der Waals surface area contributed by atoms with Gasteiger partial charge in [0, 0.05) is 12.5 Å². The third kappa shape index (κ3) is 6.36. The third-order valence-electron chi connectivity index (χ3n) is 2.72. The fourth-order valence-electron chi connectivity index (χ4n) is 1.72. The Morgan fingerprint density at radius 1 is 1.30 bits per heavy atom. The summed E-state index contributed by atoms with van der Waals surface area (Å²) in [6, 6.07) is 8.02. The first-order chi connectivity index (χ1) is 9.30. The van der Waals surface area contributed by atoms with E-state index in [1.165, 1.54) is 5.56 Å². The first-order valence-electron chi connectivity index (χ1n) is 6.78. The van der Waals surface area contributed by atoms with Crippen molar-refractivity contribution >= 4 is 12.4 Å². The SMILES string of the molecule is Cc1ccc(CC(C=O)CNC(=O)OC(C)(C)C)cc1. The molecule has 0 aliphatic heterocycles. The summed E-state index contributed by atoms with van der Waals surface area (Å²) < 4.78 is 5.13. The Morgan fingerprint density at radius 2 is 1.90 bits per heavy atom. The lowest BCUT2D eigenvalue weighted by Crippen LogP contribution is -2.36. The molecule has 0 aliphatic carbocycles. The number of alkyl carbamates (subject to hydrolysis) is 1. The summed E-state index contributed by atoms with van der Waals surface area (Å²) in [6.07, 6.45) is 0.991. The molecule has 110 valence electrons. The highest BCUT2D eigenvalue weighted by Gasteiger charge is 2.17. The molecule has 0 saturated carbocycles. The van der Waals surface area contributed by atoms with Gasteiger partial charge in [0.25, 0.3) is 0 Å². The lowest BCUT2D eigenvalue weighted by molar-refractivity contribution is -0.110. The zero-order valence-electron chi connectivity index (χ0n) is 12.6. The molecule has 0 radical (unpaired) electrons. The number of benzene rings is 1. The second-order valence-electron chi connectivity index (χ2n) is 5.97. The number of aryl methyl sites for hydroxylation is 1. The minimum absolute atomic E-state index is 0.245. The number of rotatable bonds is 5. The van der Waals surface area contributed by atoms with Crippen molar-refractivity contribution in [3.8, 4) is 0 Å². The average molecular weight is 277 g/mol. The number of hydrogen-bond acceptors (Lipinski definition) is 3. The topological polar surface area (TPSA) is 55.4 Å². The summed E-state index contributed by atoms with van der Waals surface area (Å²) >= 11 is 0. The minimum atomic E-state index is -0.530. The molecule has 20 heavy (non-hydrogen) atoms. The van der Waals surface area contributed by atoms with Crippen LogP contribution < -0.4 is 5.32 Å². The normalized spacial score (nSPS) is 12.6. The molecule has 4 nitrogen and oxygen atoms in total. The summed E-state index contributed by atoms with van der Waals surface area (Å²) in [6.45, 7) is 7.71. The highest BCUT2D eigenvalue weighted by Crippen LogP contribution is 2.10. The van der Waals surface area contributed by atoms with E-state index >= 15 is 0 Å². The molecule has 0 bridgehead atoms. The maximum atomic E-state index is 11.5. The molecule has 1 aromatic rings. The van der Waals surface area contributed by atoms with E-state index in [1.54, 1.807) is 20.8 Å². The average Bonchev–Trinajstić information content (AvgIpc) is 2.34. The summed E-state index contributed by atoms with van der Waals surface area (Å²) in [4.78, 5) is 22.6. The van der Waals surface area contributed by atoms with E-state index in [2.05, 4.69) is 5.32 Å². The van der Waals surface area contributed by atoms with Crippen molar-refractivity contribution in [1.82, 2.24) is 5.32 Å². The fourth-order valence-corrected chi connectivity index (χ4v) is 1.72. The van der Waals surface area contributed by atoms with Crippen LogP contribution in [-0.4, -0.2) is 24.5 Å². The molecule has 1 unspecified atom stereocenters. The molecule has 0 aliphatic rings. The van der Waals surface area contributed by atoms with E-state index in [0.717, 1.165) is 11.8 Å². The van der Waals surface area contributed by atoms with Crippen LogP contribution in [0.3, 0.4) is 0 Å². The first kappa shape index (κ1) is 16.2. The molecule has 0 spiro atoms. The van der Waals surface area contributed by atoms with Gasteiger partial charge in [-0.25, -0.2) is 4.79 Å². The second-order valence-corrected chi connectivity index (χ2v) is 5.97. The molecule has 1 rings (SSSR count). The van der Waals surface area contributed by atoms with Gasteiger partial charge in [-0.05, 0) is 39.7 Å². The van der Waals surface area contributed by atoms with Crippen LogP contribution in [0.5, 0.6) is 0 Å². The monoisotopic (exact) mass is 277 g/mol. The van der Waals surface area contributed by atoms with Crippen LogP contribution in [-0.2, 0) is 16.0 Å². The van der Waals surface area contributed by atoms with E-state index in [1.807, 2.05) is 31.2 Å². The minimum Gasteiger partial charge on any atom is -0.444 e. The van der Waals surface area contributed by atoms with Gasteiger partial charge in [-0.3, -0.25) is 0 Å². The van der Waals surface area contributed by atoms with Gasteiger partial charge >= 0.3 is 6.09 Å². The van der Waals surface area contributed by atoms with Gasteiger partial charge in [-0.15, -0.1) is 0 Å². The third-order valence-corrected chi connectivity index (χ3v) is 2.72. The summed E-state index contributed by atoms with van der Waals surface area (Å²) in [5.74, 6) is -0.245. The number of nitrogens with one attached hydrogen (secondary N) is 1. The Labute approximate surface area is 120 Å². The van der Waals surface area contributed by atoms with E-state index in [9.17, 15) is 9.59 Å². The largest absolute Gasteiger partial charge is 0.444 e. The quantitative estimate of drug-likeness (QED) is 0.842. The van der Waals surface area contributed by atoms with E-state index in [4.69, 9.17) is 4.74 Å². The van der Waals surface area contributed by atoms with Gasteiger partial charge in [0.1, 0.15) is 11.9 Å². The van der Waals surface area contributed by atoms with Gasteiger partial charge in [0.2, 0.25) is 0 Å². The molecule has 0 fully saturated rings. The molecule has 1 aromatic carbocycles. The van der Waals surface area contributed by atoms with Gasteiger partial charge in [0.05, 0.1) is 0 Å². The smallest absolute Gasteiger partial charge is 0.407 e. The predicted molar refractivity (Wildman–Crippen MR) is 78.7 cm³/mol. The zero-order valence-corrected chi connectivity index (χ0v) is 12.6. The Balaban J connectivity index is 2.45. The number of ether oxygens (including phenoxy) is 1. The van der Waals surface area contributed by atoms with Crippen molar-refractivity contribution < 1.29 is 14.3 Å². The van der Waals surface area contributed by atoms with Crippen LogP contribution >= 0.6 is 0 Å². The van der Waals surface area contributed by atoms with Crippen molar-refractivity contribution in [2.75, 3.05) is 6.54 Å². The molecular weight excluding hydrogens is 254 g/mol. The van der Waals surface area contributed by atoms with Crippen LogP contribution in [0.4, 0.5) is 4.79 Å². The zero-order chi connectivity index (χ0) is 15.2. The Morgan fingerprint density at radius 3 is 2.40 bits per heavy atom. The number of aldehydes is 1. The van der Waals surface area contributed by atoms with Crippen molar-refractivity contribution in [2.45, 2.75) is 39.7 Å². The Hall–Kier alpha value is -1.84. The van der Waals surface area contributed by atoms with Crippen molar-refractivity contribution in [3.05, 3.63) is 35.4 Å². The molecule has 0 aromatic heterocycles. The van der Waals surface area contributed by atoms with Gasteiger partial charge in [-0.1, -0.05) is 29.8 Å². The second kappa shape index (κ2) is 7.08. The van der Waals surface area contributed by atoms with Crippen molar-refractivity contribution in [1.29, 1.82) is 0 Å². The van der Waals surface area contributed by atoms with E-state index in [0.29, 0.717) is 6.42 Å². The van der Waals surface area contributed by atoms with Crippen molar-refractivity contribution in [3.63, 3.8) is 0 Å². The van der Waals surface area contributed by atoms with Crippen LogP contribution in [0.2, 0.25) is 0 Å². The lowest BCUT2D eigenvalue weighted by atomic mass is 10.00. The summed E-state index contributed by atoms with van der Waals surface area (Å²) in [5, 5.41) is 2.63. The molecular formula is C16H23NO3. The van der Waals surface area contributed by atoms with E-state index in [-0.39, 0.29) is 12.5 Å². The summed E-state index contributed by atoms with van der Waals surface area (Å²) in [5.41, 5.74) is 1.74. The van der Waals surface area contributed by atoms with Gasteiger partial charge in [-0.2, -0.15) is 0 Å². The van der Waals surface area contributed by atoms with Gasteiger partial charge < -0.3 is 14.8 Å². The maximum Gasteiger partial charge on any atom is 0.407 e.